The molecule has 0 atom stereocenters. The summed E-state index contributed by atoms with van der Waals surface area (Å²) in [6.07, 6.45) is 2.65. The molecule has 0 spiro atoms. The maximum absolute atomic E-state index is 8.44. The fourth-order valence-corrected chi connectivity index (χ4v) is 0.742. The van der Waals surface area contributed by atoms with E-state index in [0.717, 1.165) is 18.8 Å². The lowest BCUT2D eigenvalue weighted by Gasteiger charge is -1.99. The molecule has 0 saturated carbocycles. The summed E-state index contributed by atoms with van der Waals surface area (Å²) in [5.41, 5.74) is 0. The van der Waals surface area contributed by atoms with E-state index in [9.17, 15) is 0 Å². The largest absolute Gasteiger partial charge is 0.396 e. The number of H-pyrrole nitrogens is 1. The molecule has 56 valence electrons. The number of rotatable bonds is 4. The Balaban J connectivity index is 2.15. The quantitative estimate of drug-likeness (QED) is 0.542. The van der Waals surface area contributed by atoms with Crippen molar-refractivity contribution in [1.29, 1.82) is 0 Å². The molecule has 1 rings (SSSR count). The van der Waals surface area contributed by atoms with Gasteiger partial charge in [0.2, 0.25) is 0 Å². The highest BCUT2D eigenvalue weighted by Crippen LogP contribution is 1.99. The van der Waals surface area contributed by atoms with Crippen LogP contribution in [0.25, 0.3) is 0 Å². The number of aromatic amines is 1. The summed E-state index contributed by atoms with van der Waals surface area (Å²) in [5, 5.41) is 11.6. The van der Waals surface area contributed by atoms with Crippen LogP contribution in [0.5, 0.6) is 0 Å². The molecule has 0 aromatic carbocycles. The number of aliphatic hydroxyl groups is 1. The van der Waals surface area contributed by atoms with Crippen molar-refractivity contribution < 1.29 is 5.11 Å². The van der Waals surface area contributed by atoms with Gasteiger partial charge in [-0.1, -0.05) is 0 Å². The number of anilines is 1. The molecule has 3 N–H and O–H groups in total. The Kier molecular flexibility index (Phi) is 2.83. The molecule has 0 unspecified atom stereocenters. The van der Waals surface area contributed by atoms with E-state index >= 15 is 0 Å². The highest BCUT2D eigenvalue weighted by atomic mass is 16.3. The standard InChI is InChI=1S/C7H12N2O/c10-6-2-5-9-7-3-1-4-8-7/h1,3-4,8-10H,2,5-6H2. The smallest absolute Gasteiger partial charge is 0.103 e. The lowest BCUT2D eigenvalue weighted by atomic mass is 10.4. The van der Waals surface area contributed by atoms with Gasteiger partial charge in [0.1, 0.15) is 5.82 Å². The van der Waals surface area contributed by atoms with Gasteiger partial charge in [-0.25, -0.2) is 0 Å². The van der Waals surface area contributed by atoms with Gasteiger partial charge in [-0.05, 0) is 18.6 Å². The number of aliphatic hydroxyl groups excluding tert-OH is 1. The van der Waals surface area contributed by atoms with E-state index in [4.69, 9.17) is 5.11 Å². The molecule has 0 radical (unpaired) electrons. The molecule has 1 aromatic rings. The van der Waals surface area contributed by atoms with Crippen LogP contribution >= 0.6 is 0 Å². The molecule has 0 aliphatic carbocycles. The van der Waals surface area contributed by atoms with Crippen LogP contribution in [-0.2, 0) is 0 Å². The van der Waals surface area contributed by atoms with E-state index in [1.165, 1.54) is 0 Å². The van der Waals surface area contributed by atoms with Gasteiger partial charge in [0.25, 0.3) is 0 Å². The highest BCUT2D eigenvalue weighted by Gasteiger charge is 1.87. The van der Waals surface area contributed by atoms with E-state index in [1.54, 1.807) is 0 Å². The van der Waals surface area contributed by atoms with Crippen LogP contribution in [0, 0.1) is 0 Å². The van der Waals surface area contributed by atoms with Crippen LogP contribution in [0.3, 0.4) is 0 Å². The first-order valence-corrected chi connectivity index (χ1v) is 3.41. The van der Waals surface area contributed by atoms with Crippen LogP contribution < -0.4 is 5.32 Å². The van der Waals surface area contributed by atoms with Crippen LogP contribution in [0.2, 0.25) is 0 Å². The normalized spacial score (nSPS) is 9.70. The van der Waals surface area contributed by atoms with Gasteiger partial charge in [-0.2, -0.15) is 0 Å². The molecule has 0 saturated heterocycles. The van der Waals surface area contributed by atoms with Crippen molar-refractivity contribution in [3.05, 3.63) is 18.3 Å². The molecule has 1 heterocycles. The summed E-state index contributed by atoms with van der Waals surface area (Å²) in [4.78, 5) is 3.00. The van der Waals surface area contributed by atoms with E-state index in [1.807, 2.05) is 18.3 Å². The van der Waals surface area contributed by atoms with Gasteiger partial charge >= 0.3 is 0 Å². The number of hydrogen-bond acceptors (Lipinski definition) is 2. The second-order valence-corrected chi connectivity index (χ2v) is 2.09. The monoisotopic (exact) mass is 140 g/mol. The molecular weight excluding hydrogens is 128 g/mol. The zero-order valence-electron chi connectivity index (χ0n) is 5.80. The molecule has 0 bridgehead atoms. The summed E-state index contributed by atoms with van der Waals surface area (Å²) in [7, 11) is 0. The first-order chi connectivity index (χ1) is 4.93. The molecule has 1 aromatic heterocycles. The van der Waals surface area contributed by atoms with Crippen molar-refractivity contribution in [3.8, 4) is 0 Å². The van der Waals surface area contributed by atoms with Crippen LogP contribution in [0.1, 0.15) is 6.42 Å². The Morgan fingerprint density at radius 1 is 1.60 bits per heavy atom. The average molecular weight is 140 g/mol. The van der Waals surface area contributed by atoms with E-state index < -0.39 is 0 Å². The molecule has 3 heteroatoms. The zero-order chi connectivity index (χ0) is 7.23. The molecule has 0 fully saturated rings. The summed E-state index contributed by atoms with van der Waals surface area (Å²) in [6, 6.07) is 3.89. The lowest BCUT2D eigenvalue weighted by molar-refractivity contribution is 0.292. The van der Waals surface area contributed by atoms with Crippen molar-refractivity contribution in [2.75, 3.05) is 18.5 Å². The maximum Gasteiger partial charge on any atom is 0.103 e. The Morgan fingerprint density at radius 3 is 3.10 bits per heavy atom. The van der Waals surface area contributed by atoms with Crippen molar-refractivity contribution in [1.82, 2.24) is 4.98 Å². The number of aromatic nitrogens is 1. The van der Waals surface area contributed by atoms with Crippen LogP contribution in [-0.4, -0.2) is 23.2 Å². The second kappa shape index (κ2) is 3.95. The topological polar surface area (TPSA) is 48.0 Å². The third kappa shape index (κ3) is 2.11. The number of hydrogen-bond donors (Lipinski definition) is 3. The van der Waals surface area contributed by atoms with Crippen LogP contribution in [0.15, 0.2) is 18.3 Å². The fourth-order valence-electron chi connectivity index (χ4n) is 0.742. The minimum atomic E-state index is 0.244. The summed E-state index contributed by atoms with van der Waals surface area (Å²) >= 11 is 0. The third-order valence-electron chi connectivity index (χ3n) is 1.25. The van der Waals surface area contributed by atoms with Crippen molar-refractivity contribution in [2.24, 2.45) is 0 Å². The lowest BCUT2D eigenvalue weighted by Crippen LogP contribution is -2.02. The predicted octanol–water partition coefficient (Wildman–Crippen LogP) is 0.809. The zero-order valence-corrected chi connectivity index (χ0v) is 5.80. The SMILES string of the molecule is OCCCNc1ccc[nH]1. The Morgan fingerprint density at radius 2 is 2.50 bits per heavy atom. The molecule has 10 heavy (non-hydrogen) atoms. The van der Waals surface area contributed by atoms with Gasteiger partial charge in [-0.15, -0.1) is 0 Å². The van der Waals surface area contributed by atoms with Gasteiger partial charge in [-0.3, -0.25) is 0 Å². The van der Waals surface area contributed by atoms with Gasteiger partial charge in [0, 0.05) is 19.3 Å². The molecular formula is C7H12N2O. The Hall–Kier alpha value is -0.960. The van der Waals surface area contributed by atoms with Crippen molar-refractivity contribution in [2.45, 2.75) is 6.42 Å². The summed E-state index contributed by atoms with van der Waals surface area (Å²) in [6.45, 7) is 1.06. The van der Waals surface area contributed by atoms with E-state index in [0.29, 0.717) is 0 Å². The van der Waals surface area contributed by atoms with Gasteiger partial charge < -0.3 is 15.4 Å². The van der Waals surface area contributed by atoms with E-state index in [2.05, 4.69) is 10.3 Å². The first kappa shape index (κ1) is 7.15. The maximum atomic E-state index is 8.44. The Bertz CT molecular complexity index is 160. The van der Waals surface area contributed by atoms with E-state index in [-0.39, 0.29) is 6.61 Å². The fraction of sp³-hybridized carbons (Fsp3) is 0.429. The average Bonchev–Trinajstić information content (AvgIpc) is 2.41. The van der Waals surface area contributed by atoms with Crippen LogP contribution in [0.4, 0.5) is 5.82 Å². The highest BCUT2D eigenvalue weighted by molar-refractivity contribution is 5.33. The van der Waals surface area contributed by atoms with Gasteiger partial charge in [0.05, 0.1) is 0 Å². The minimum Gasteiger partial charge on any atom is -0.396 e. The van der Waals surface area contributed by atoms with Crippen molar-refractivity contribution >= 4 is 5.82 Å². The van der Waals surface area contributed by atoms with Gasteiger partial charge in [0.15, 0.2) is 0 Å². The second-order valence-electron chi connectivity index (χ2n) is 2.09. The molecule has 0 amide bonds. The molecule has 0 aliphatic rings. The number of nitrogens with one attached hydrogen (secondary N) is 2. The first-order valence-electron chi connectivity index (χ1n) is 3.41. The van der Waals surface area contributed by atoms with Crippen molar-refractivity contribution in [3.63, 3.8) is 0 Å². The summed E-state index contributed by atoms with van der Waals surface area (Å²) in [5.74, 6) is 1.01. The summed E-state index contributed by atoms with van der Waals surface area (Å²) < 4.78 is 0. The Labute approximate surface area is 60.1 Å². The molecule has 3 nitrogen and oxygen atoms in total. The predicted molar refractivity (Wildman–Crippen MR) is 41.0 cm³/mol. The third-order valence-corrected chi connectivity index (χ3v) is 1.25. The minimum absolute atomic E-state index is 0.244. The molecule has 0 aliphatic heterocycles.